The van der Waals surface area contributed by atoms with Gasteiger partial charge in [0, 0.05) is 17.8 Å². The molecule has 2 saturated carbocycles. The van der Waals surface area contributed by atoms with Crippen LogP contribution in [0.2, 0.25) is 0 Å². The van der Waals surface area contributed by atoms with Crippen LogP contribution in [0.1, 0.15) is 58.3 Å². The van der Waals surface area contributed by atoms with Crippen molar-refractivity contribution in [3.63, 3.8) is 0 Å². The van der Waals surface area contributed by atoms with Gasteiger partial charge in [-0.3, -0.25) is 4.79 Å². The predicted molar refractivity (Wildman–Crippen MR) is 90.8 cm³/mol. The molecule has 130 valence electrons. The van der Waals surface area contributed by atoms with Gasteiger partial charge in [-0.1, -0.05) is 12.8 Å². The Morgan fingerprint density at radius 2 is 1.73 bits per heavy atom. The van der Waals surface area contributed by atoms with Crippen LogP contribution in [-0.2, 0) is 14.6 Å². The summed E-state index contributed by atoms with van der Waals surface area (Å²) in [5, 5.41) is 2.87. The highest BCUT2D eigenvalue weighted by Gasteiger charge is 2.39. The molecule has 2 fully saturated rings. The van der Waals surface area contributed by atoms with E-state index in [0.717, 1.165) is 38.5 Å². The number of nitrogens with two attached hydrogens (primary N) is 1. The van der Waals surface area contributed by atoms with Crippen LogP contribution in [0.25, 0.3) is 0 Å². The van der Waals surface area contributed by atoms with Gasteiger partial charge >= 0.3 is 0 Å². The van der Waals surface area contributed by atoms with Crippen LogP contribution < -0.4 is 11.1 Å². The fraction of sp³-hybridized carbons (Fsp3) is 0.933. The summed E-state index contributed by atoms with van der Waals surface area (Å²) in [4.78, 5) is 12.5. The molecule has 0 spiro atoms. The molecule has 22 heavy (non-hydrogen) atoms. The highest BCUT2D eigenvalue weighted by atomic mass is 35.5. The second-order valence-electron chi connectivity index (χ2n) is 7.12. The standard InChI is InChI=1S/C15H28N2O3S.ClH/c1-15(16)10-4-3-5-13(15)14(18)17-11-6-8-12(9-7-11)21(2,19)20;/h11-13H,3-10,16H2,1-2H3,(H,17,18);1H. The molecule has 0 saturated heterocycles. The first-order valence-corrected chi connectivity index (χ1v) is 9.94. The molecule has 0 aromatic rings. The van der Waals surface area contributed by atoms with E-state index in [4.69, 9.17) is 5.73 Å². The average molecular weight is 353 g/mol. The molecular weight excluding hydrogens is 324 g/mol. The van der Waals surface area contributed by atoms with E-state index >= 15 is 0 Å². The Balaban J connectivity index is 0.00000242. The molecule has 0 heterocycles. The quantitative estimate of drug-likeness (QED) is 0.810. The minimum absolute atomic E-state index is 0. The van der Waals surface area contributed by atoms with Crippen molar-refractivity contribution in [3.05, 3.63) is 0 Å². The lowest BCUT2D eigenvalue weighted by Gasteiger charge is -2.38. The Bertz CT molecular complexity index is 485. The van der Waals surface area contributed by atoms with Gasteiger partial charge in [0.05, 0.1) is 11.2 Å². The number of nitrogens with one attached hydrogen (secondary N) is 1. The lowest BCUT2D eigenvalue weighted by atomic mass is 9.74. The van der Waals surface area contributed by atoms with Crippen LogP contribution in [0, 0.1) is 5.92 Å². The lowest BCUT2D eigenvalue weighted by Crippen LogP contribution is -2.54. The molecule has 0 aromatic heterocycles. The lowest BCUT2D eigenvalue weighted by molar-refractivity contribution is -0.129. The number of sulfone groups is 1. The third-order valence-corrected chi connectivity index (χ3v) is 6.88. The number of amides is 1. The summed E-state index contributed by atoms with van der Waals surface area (Å²) in [6.45, 7) is 1.97. The molecule has 0 bridgehead atoms. The zero-order valence-electron chi connectivity index (χ0n) is 13.5. The largest absolute Gasteiger partial charge is 0.353 e. The van der Waals surface area contributed by atoms with Crippen LogP contribution in [-0.4, -0.2) is 37.4 Å². The Morgan fingerprint density at radius 1 is 1.14 bits per heavy atom. The maximum atomic E-state index is 12.5. The summed E-state index contributed by atoms with van der Waals surface area (Å²) in [7, 11) is -2.95. The van der Waals surface area contributed by atoms with Crippen molar-refractivity contribution in [1.29, 1.82) is 0 Å². The molecule has 2 atom stereocenters. The number of carbonyl (C=O) groups is 1. The first kappa shape index (κ1) is 19.7. The summed E-state index contributed by atoms with van der Waals surface area (Å²) < 4.78 is 23.1. The summed E-state index contributed by atoms with van der Waals surface area (Å²) >= 11 is 0. The average Bonchev–Trinajstić information content (AvgIpc) is 2.37. The molecule has 5 nitrogen and oxygen atoms in total. The molecule has 2 unspecified atom stereocenters. The minimum Gasteiger partial charge on any atom is -0.353 e. The second-order valence-corrected chi connectivity index (χ2v) is 9.44. The Kier molecular flexibility index (Phi) is 6.72. The molecule has 0 aliphatic heterocycles. The molecule has 0 aromatic carbocycles. The van der Waals surface area contributed by atoms with E-state index in [1.807, 2.05) is 6.92 Å². The van der Waals surface area contributed by atoms with E-state index in [2.05, 4.69) is 5.32 Å². The summed E-state index contributed by atoms with van der Waals surface area (Å²) in [5.41, 5.74) is 5.86. The normalized spacial score (nSPS) is 36.2. The molecule has 2 rings (SSSR count). The van der Waals surface area contributed by atoms with Gasteiger partial charge in [0.1, 0.15) is 9.84 Å². The predicted octanol–water partition coefficient (Wildman–Crippen LogP) is 1.79. The van der Waals surface area contributed by atoms with E-state index in [0.29, 0.717) is 12.8 Å². The first-order chi connectivity index (χ1) is 9.70. The number of carbonyl (C=O) groups excluding carboxylic acids is 1. The highest BCUT2D eigenvalue weighted by molar-refractivity contribution is 7.91. The van der Waals surface area contributed by atoms with Crippen LogP contribution >= 0.6 is 12.4 Å². The highest BCUT2D eigenvalue weighted by Crippen LogP contribution is 2.32. The molecule has 2 aliphatic carbocycles. The summed E-state index contributed by atoms with van der Waals surface area (Å²) in [6.07, 6.45) is 8.00. The number of halogens is 1. The first-order valence-electron chi connectivity index (χ1n) is 7.98. The van der Waals surface area contributed by atoms with E-state index < -0.39 is 15.4 Å². The van der Waals surface area contributed by atoms with Crippen LogP contribution in [0.3, 0.4) is 0 Å². The number of hydrogen-bond acceptors (Lipinski definition) is 4. The third kappa shape index (κ3) is 4.83. The molecular formula is C15H29ClN2O3S. The van der Waals surface area contributed by atoms with Crippen molar-refractivity contribution in [3.8, 4) is 0 Å². The van der Waals surface area contributed by atoms with Gasteiger partial charge < -0.3 is 11.1 Å². The van der Waals surface area contributed by atoms with E-state index in [1.165, 1.54) is 6.26 Å². The molecule has 7 heteroatoms. The molecule has 0 radical (unpaired) electrons. The summed E-state index contributed by atoms with van der Waals surface area (Å²) in [5.74, 6) is -0.0543. The molecule has 2 aliphatic rings. The number of hydrogen-bond donors (Lipinski definition) is 2. The zero-order valence-corrected chi connectivity index (χ0v) is 15.1. The van der Waals surface area contributed by atoms with E-state index in [9.17, 15) is 13.2 Å². The maximum Gasteiger partial charge on any atom is 0.225 e. The molecule has 1 amide bonds. The fourth-order valence-corrected chi connectivity index (χ4v) is 4.85. The monoisotopic (exact) mass is 352 g/mol. The van der Waals surface area contributed by atoms with Crippen LogP contribution in [0.4, 0.5) is 0 Å². The van der Waals surface area contributed by atoms with Crippen molar-refractivity contribution in [2.24, 2.45) is 11.7 Å². The number of rotatable bonds is 3. The molecule has 3 N–H and O–H groups in total. The minimum atomic E-state index is -2.95. The topological polar surface area (TPSA) is 89.3 Å². The van der Waals surface area contributed by atoms with Crippen molar-refractivity contribution in [2.75, 3.05) is 6.26 Å². The van der Waals surface area contributed by atoms with E-state index in [-0.39, 0.29) is 35.5 Å². The Labute approximate surface area is 140 Å². The SMILES string of the molecule is CC1(N)CCCCC1C(=O)NC1CCC(S(C)(=O)=O)CC1.Cl. The van der Waals surface area contributed by atoms with Crippen LogP contribution in [0.5, 0.6) is 0 Å². The van der Waals surface area contributed by atoms with Gasteiger partial charge in [-0.15, -0.1) is 12.4 Å². The van der Waals surface area contributed by atoms with Crippen molar-refractivity contribution >= 4 is 28.2 Å². The Hall–Kier alpha value is -0.330. The Morgan fingerprint density at radius 3 is 2.23 bits per heavy atom. The van der Waals surface area contributed by atoms with E-state index in [1.54, 1.807) is 0 Å². The van der Waals surface area contributed by atoms with Crippen LogP contribution in [0.15, 0.2) is 0 Å². The van der Waals surface area contributed by atoms with Crippen molar-refractivity contribution < 1.29 is 13.2 Å². The summed E-state index contributed by atoms with van der Waals surface area (Å²) in [6, 6.07) is 0.105. The third-order valence-electron chi connectivity index (χ3n) is 5.20. The van der Waals surface area contributed by atoms with Gasteiger partial charge in [0.15, 0.2) is 0 Å². The smallest absolute Gasteiger partial charge is 0.225 e. The van der Waals surface area contributed by atoms with Gasteiger partial charge in [-0.05, 0) is 45.4 Å². The fourth-order valence-electron chi connectivity index (χ4n) is 3.73. The van der Waals surface area contributed by atoms with Gasteiger partial charge in [0.25, 0.3) is 0 Å². The second kappa shape index (κ2) is 7.49. The zero-order chi connectivity index (χ0) is 15.7. The van der Waals surface area contributed by atoms with Crippen molar-refractivity contribution in [2.45, 2.75) is 75.1 Å². The van der Waals surface area contributed by atoms with Gasteiger partial charge in [0.2, 0.25) is 5.91 Å². The maximum absolute atomic E-state index is 12.5. The van der Waals surface area contributed by atoms with Gasteiger partial charge in [-0.25, -0.2) is 8.42 Å². The van der Waals surface area contributed by atoms with Gasteiger partial charge in [-0.2, -0.15) is 0 Å². The van der Waals surface area contributed by atoms with Crippen molar-refractivity contribution in [1.82, 2.24) is 5.32 Å².